The largest absolute Gasteiger partial charge is 0.358 e. The van der Waals surface area contributed by atoms with Gasteiger partial charge in [-0.2, -0.15) is 0 Å². The van der Waals surface area contributed by atoms with Gasteiger partial charge in [-0.3, -0.25) is 4.79 Å². The molecule has 0 bridgehead atoms. The summed E-state index contributed by atoms with van der Waals surface area (Å²) in [5.74, 6) is 0.139. The van der Waals surface area contributed by atoms with Crippen LogP contribution < -0.4 is 4.90 Å². The molecule has 4 nitrogen and oxygen atoms in total. The van der Waals surface area contributed by atoms with Crippen LogP contribution in [0.5, 0.6) is 0 Å². The normalized spacial score (nSPS) is 19.5. The van der Waals surface area contributed by atoms with Crippen molar-refractivity contribution in [2.45, 2.75) is 12.6 Å². The van der Waals surface area contributed by atoms with Crippen LogP contribution in [0.4, 0.5) is 5.69 Å². The van der Waals surface area contributed by atoms with Gasteiger partial charge in [0, 0.05) is 42.2 Å². The minimum Gasteiger partial charge on any atom is -0.358 e. The third-order valence-corrected chi connectivity index (χ3v) is 5.13. The van der Waals surface area contributed by atoms with Crippen LogP contribution in [0, 0.1) is 0 Å². The Morgan fingerprint density at radius 3 is 2.78 bits per heavy atom. The number of hydrogen-bond donors (Lipinski definition) is 1. The van der Waals surface area contributed by atoms with Crippen LogP contribution in [-0.2, 0) is 6.42 Å². The van der Waals surface area contributed by atoms with Crippen molar-refractivity contribution < 1.29 is 4.79 Å². The zero-order valence-corrected chi connectivity index (χ0v) is 12.9. The molecule has 2 aliphatic heterocycles. The van der Waals surface area contributed by atoms with E-state index in [1.54, 1.807) is 0 Å². The monoisotopic (exact) mass is 303 g/mol. The van der Waals surface area contributed by atoms with Gasteiger partial charge in [0.1, 0.15) is 6.17 Å². The Kier molecular flexibility index (Phi) is 2.43. The summed E-state index contributed by atoms with van der Waals surface area (Å²) in [6.45, 7) is 0.752. The van der Waals surface area contributed by atoms with Crippen molar-refractivity contribution in [1.82, 2.24) is 9.88 Å². The van der Waals surface area contributed by atoms with Crippen molar-refractivity contribution in [2.24, 2.45) is 0 Å². The number of nitrogens with one attached hydrogen (secondary N) is 1. The van der Waals surface area contributed by atoms with Gasteiger partial charge in [0.15, 0.2) is 0 Å². The number of H-pyrrole nitrogens is 1. The van der Waals surface area contributed by atoms with Gasteiger partial charge in [-0.25, -0.2) is 0 Å². The fraction of sp³-hybridized carbons (Fsp3) is 0.211. The number of hydrogen-bond acceptors (Lipinski definition) is 2. The minimum atomic E-state index is -0.0303. The van der Waals surface area contributed by atoms with Crippen molar-refractivity contribution >= 4 is 22.5 Å². The van der Waals surface area contributed by atoms with E-state index >= 15 is 0 Å². The van der Waals surface area contributed by atoms with E-state index in [2.05, 4.69) is 35.1 Å². The van der Waals surface area contributed by atoms with E-state index in [0.29, 0.717) is 0 Å². The molecule has 4 heteroatoms. The van der Waals surface area contributed by atoms with Crippen LogP contribution in [0.1, 0.15) is 27.8 Å². The van der Waals surface area contributed by atoms with E-state index in [9.17, 15) is 4.79 Å². The number of aromatic amines is 1. The van der Waals surface area contributed by atoms with E-state index in [1.807, 2.05) is 35.2 Å². The molecule has 1 aromatic heterocycles. The van der Waals surface area contributed by atoms with Gasteiger partial charge in [-0.15, -0.1) is 0 Å². The van der Waals surface area contributed by atoms with Gasteiger partial charge in [-0.05, 0) is 18.2 Å². The summed E-state index contributed by atoms with van der Waals surface area (Å²) in [6.07, 6.45) is 0.847. The van der Waals surface area contributed by atoms with Crippen molar-refractivity contribution in [2.75, 3.05) is 18.5 Å². The number of fused-ring (bicyclic) bond motifs is 6. The minimum absolute atomic E-state index is 0.0303. The van der Waals surface area contributed by atoms with Gasteiger partial charge >= 0.3 is 0 Å². The van der Waals surface area contributed by atoms with Crippen LogP contribution in [-0.4, -0.2) is 29.4 Å². The third-order valence-electron chi connectivity index (χ3n) is 5.13. The molecule has 3 heterocycles. The Morgan fingerprint density at radius 1 is 1.09 bits per heavy atom. The highest BCUT2D eigenvalue weighted by Crippen LogP contribution is 2.43. The maximum absolute atomic E-state index is 13.0. The number of para-hydroxylation sites is 2. The first kappa shape index (κ1) is 12.8. The molecule has 1 amide bonds. The summed E-state index contributed by atoms with van der Waals surface area (Å²) in [4.78, 5) is 20.7. The first-order valence-electron chi connectivity index (χ1n) is 7.98. The van der Waals surface area contributed by atoms with E-state index < -0.39 is 0 Å². The smallest absolute Gasteiger partial charge is 0.257 e. The predicted octanol–water partition coefficient (Wildman–Crippen LogP) is 3.31. The van der Waals surface area contributed by atoms with Gasteiger partial charge in [0.2, 0.25) is 0 Å². The molecule has 1 atom stereocenters. The SMILES string of the molecule is CN1c2ccccc2C(=O)N2CCc3[nH]c4ccccc4c3[C@H]21. The molecule has 114 valence electrons. The lowest BCUT2D eigenvalue weighted by atomic mass is 9.95. The van der Waals surface area contributed by atoms with Crippen LogP contribution in [0.2, 0.25) is 0 Å². The molecular formula is C19H17N3O. The van der Waals surface area contributed by atoms with Crippen LogP contribution in [0.15, 0.2) is 48.5 Å². The van der Waals surface area contributed by atoms with Crippen molar-refractivity contribution in [3.05, 3.63) is 65.4 Å². The van der Waals surface area contributed by atoms with E-state index in [4.69, 9.17) is 0 Å². The number of nitrogens with zero attached hydrogens (tertiary/aromatic N) is 2. The highest BCUT2D eigenvalue weighted by Gasteiger charge is 2.41. The Hall–Kier alpha value is -2.75. The lowest BCUT2D eigenvalue weighted by molar-refractivity contribution is 0.0639. The van der Waals surface area contributed by atoms with Gasteiger partial charge in [0.25, 0.3) is 5.91 Å². The Balaban J connectivity index is 1.78. The lowest BCUT2D eigenvalue weighted by Crippen LogP contribution is -2.50. The fourth-order valence-corrected chi connectivity index (χ4v) is 4.09. The number of amides is 1. The molecule has 0 aliphatic carbocycles. The Bertz CT molecular complexity index is 943. The summed E-state index contributed by atoms with van der Waals surface area (Å²) in [5.41, 5.74) is 5.47. The second-order valence-corrected chi connectivity index (χ2v) is 6.31. The van der Waals surface area contributed by atoms with E-state index in [-0.39, 0.29) is 12.1 Å². The summed E-state index contributed by atoms with van der Waals surface area (Å²) in [5, 5.41) is 1.22. The van der Waals surface area contributed by atoms with Gasteiger partial charge < -0.3 is 14.8 Å². The lowest BCUT2D eigenvalue weighted by Gasteiger charge is -2.46. The summed E-state index contributed by atoms with van der Waals surface area (Å²) < 4.78 is 0. The second kappa shape index (κ2) is 4.38. The van der Waals surface area contributed by atoms with Crippen molar-refractivity contribution in [3.8, 4) is 0 Å². The zero-order chi connectivity index (χ0) is 15.6. The van der Waals surface area contributed by atoms with Gasteiger partial charge in [0.05, 0.1) is 11.3 Å². The number of carbonyl (C=O) groups excluding carboxylic acids is 1. The van der Waals surface area contributed by atoms with E-state index in [0.717, 1.165) is 29.7 Å². The summed E-state index contributed by atoms with van der Waals surface area (Å²) in [6, 6.07) is 16.3. The quantitative estimate of drug-likeness (QED) is 0.692. The molecule has 23 heavy (non-hydrogen) atoms. The molecule has 0 unspecified atom stereocenters. The second-order valence-electron chi connectivity index (χ2n) is 6.31. The first-order chi connectivity index (χ1) is 11.3. The topological polar surface area (TPSA) is 39.3 Å². The Labute approximate surface area is 134 Å². The Morgan fingerprint density at radius 2 is 1.87 bits per heavy atom. The fourth-order valence-electron chi connectivity index (χ4n) is 4.09. The van der Waals surface area contributed by atoms with Crippen molar-refractivity contribution in [3.63, 3.8) is 0 Å². The van der Waals surface area contributed by atoms with E-state index in [1.165, 1.54) is 16.6 Å². The molecule has 2 aromatic carbocycles. The average Bonchev–Trinajstić information content (AvgIpc) is 2.98. The summed E-state index contributed by atoms with van der Waals surface area (Å²) >= 11 is 0. The van der Waals surface area contributed by atoms with Crippen LogP contribution in [0.25, 0.3) is 10.9 Å². The average molecular weight is 303 g/mol. The maximum Gasteiger partial charge on any atom is 0.257 e. The number of anilines is 1. The van der Waals surface area contributed by atoms with Crippen LogP contribution in [0.3, 0.4) is 0 Å². The highest BCUT2D eigenvalue weighted by molar-refractivity contribution is 6.03. The standard InChI is InChI=1S/C19H17N3O/c1-21-16-9-5-3-7-13(16)19(23)22-11-10-15-17(18(21)22)12-6-2-4-8-14(12)20-15/h2-9,18,20H,10-11H2,1H3/t18-/m0/s1. The molecule has 3 aromatic rings. The first-order valence-corrected chi connectivity index (χ1v) is 7.98. The molecule has 0 saturated carbocycles. The molecule has 0 spiro atoms. The molecule has 0 fully saturated rings. The maximum atomic E-state index is 13.0. The highest BCUT2D eigenvalue weighted by atomic mass is 16.2. The number of rotatable bonds is 0. The molecule has 0 radical (unpaired) electrons. The number of carbonyl (C=O) groups is 1. The predicted molar refractivity (Wildman–Crippen MR) is 90.6 cm³/mol. The number of aromatic nitrogens is 1. The molecule has 2 aliphatic rings. The van der Waals surface area contributed by atoms with Gasteiger partial charge in [-0.1, -0.05) is 30.3 Å². The molecule has 0 saturated heterocycles. The van der Waals surface area contributed by atoms with Crippen molar-refractivity contribution in [1.29, 1.82) is 0 Å². The molecule has 5 rings (SSSR count). The molecule has 1 N–H and O–H groups in total. The van der Waals surface area contributed by atoms with Crippen LogP contribution >= 0.6 is 0 Å². The third kappa shape index (κ3) is 1.58. The molecular weight excluding hydrogens is 286 g/mol. The summed E-state index contributed by atoms with van der Waals surface area (Å²) in [7, 11) is 2.08. The zero-order valence-electron chi connectivity index (χ0n) is 12.9. The number of benzene rings is 2.